The first-order valence-electron chi connectivity index (χ1n) is 7.73. The molecule has 124 valence electrons. The predicted octanol–water partition coefficient (Wildman–Crippen LogP) is 5.00. The molecule has 0 bridgehead atoms. The van der Waals surface area contributed by atoms with Gasteiger partial charge in [0.2, 0.25) is 0 Å². The zero-order valence-electron chi connectivity index (χ0n) is 13.7. The van der Waals surface area contributed by atoms with Crippen LogP contribution in [0.15, 0.2) is 46.9 Å². The van der Waals surface area contributed by atoms with Crippen LogP contribution >= 0.6 is 15.9 Å². The Balaban J connectivity index is 2.04. The van der Waals surface area contributed by atoms with E-state index in [-0.39, 0.29) is 5.91 Å². The molecule has 0 saturated carbocycles. The number of anilines is 1. The van der Waals surface area contributed by atoms with E-state index in [0.29, 0.717) is 29.3 Å². The molecule has 1 N–H and O–H groups in total. The minimum Gasteiger partial charge on any atom is -0.492 e. The van der Waals surface area contributed by atoms with Gasteiger partial charge in [0, 0.05) is 11.3 Å². The summed E-state index contributed by atoms with van der Waals surface area (Å²) in [6.07, 6.45) is 0.976. The highest BCUT2D eigenvalue weighted by Crippen LogP contribution is 2.27. The Bertz CT molecular complexity index is 766. The summed E-state index contributed by atoms with van der Waals surface area (Å²) >= 11 is 3.44. The first-order valence-corrected chi connectivity index (χ1v) is 8.52. The Morgan fingerprint density at radius 3 is 2.75 bits per heavy atom. The number of nitriles is 1. The first-order chi connectivity index (χ1) is 11.5. The van der Waals surface area contributed by atoms with Gasteiger partial charge in [-0.1, -0.05) is 19.9 Å². The molecule has 0 atom stereocenters. The summed E-state index contributed by atoms with van der Waals surface area (Å²) in [5.41, 5.74) is 1.61. The average Bonchev–Trinajstić information content (AvgIpc) is 2.56. The minimum atomic E-state index is -0.237. The van der Waals surface area contributed by atoms with Crippen LogP contribution in [-0.4, -0.2) is 12.5 Å². The number of amides is 1. The van der Waals surface area contributed by atoms with Crippen LogP contribution < -0.4 is 10.1 Å². The minimum absolute atomic E-state index is 0.237. The molecule has 2 aromatic rings. The van der Waals surface area contributed by atoms with E-state index >= 15 is 0 Å². The molecular weight excluding hydrogens is 368 g/mol. The van der Waals surface area contributed by atoms with Crippen LogP contribution in [0.3, 0.4) is 0 Å². The van der Waals surface area contributed by atoms with Crippen LogP contribution in [0.25, 0.3) is 0 Å². The van der Waals surface area contributed by atoms with Gasteiger partial charge in [0.15, 0.2) is 0 Å². The van der Waals surface area contributed by atoms with Gasteiger partial charge < -0.3 is 10.1 Å². The fourth-order valence-electron chi connectivity index (χ4n) is 2.03. The topological polar surface area (TPSA) is 62.1 Å². The SMILES string of the molecule is CC(C)CCOc1ccc(C(=O)Nc2cccc(C#N)c2)cc1Br. The molecule has 1 amide bonds. The molecule has 0 aliphatic carbocycles. The summed E-state index contributed by atoms with van der Waals surface area (Å²) in [6.45, 7) is 4.93. The Kier molecular flexibility index (Phi) is 6.39. The lowest BCUT2D eigenvalue weighted by Crippen LogP contribution is -2.12. The van der Waals surface area contributed by atoms with Crippen molar-refractivity contribution in [1.29, 1.82) is 5.26 Å². The van der Waals surface area contributed by atoms with E-state index in [0.717, 1.165) is 16.6 Å². The number of benzene rings is 2. The highest BCUT2D eigenvalue weighted by Gasteiger charge is 2.10. The predicted molar refractivity (Wildman–Crippen MR) is 98.2 cm³/mol. The average molecular weight is 387 g/mol. The maximum absolute atomic E-state index is 12.3. The second-order valence-electron chi connectivity index (χ2n) is 5.82. The first kappa shape index (κ1) is 18.0. The lowest BCUT2D eigenvalue weighted by atomic mass is 10.1. The molecule has 0 aromatic heterocycles. The summed E-state index contributed by atoms with van der Waals surface area (Å²) < 4.78 is 6.46. The number of nitrogens with one attached hydrogen (secondary N) is 1. The lowest BCUT2D eigenvalue weighted by Gasteiger charge is -2.11. The third kappa shape index (κ3) is 5.10. The van der Waals surface area contributed by atoms with Crippen molar-refractivity contribution in [2.45, 2.75) is 20.3 Å². The Morgan fingerprint density at radius 2 is 2.08 bits per heavy atom. The number of carbonyl (C=O) groups is 1. The third-order valence-corrected chi connectivity index (χ3v) is 4.02. The molecule has 24 heavy (non-hydrogen) atoms. The van der Waals surface area contributed by atoms with Gasteiger partial charge in [0.1, 0.15) is 5.75 Å². The number of nitrogens with zero attached hydrogens (tertiary/aromatic N) is 1. The normalized spacial score (nSPS) is 10.3. The van der Waals surface area contributed by atoms with Crippen LogP contribution in [0.5, 0.6) is 5.75 Å². The highest BCUT2D eigenvalue weighted by molar-refractivity contribution is 9.10. The van der Waals surface area contributed by atoms with Crippen molar-refractivity contribution in [3.63, 3.8) is 0 Å². The van der Waals surface area contributed by atoms with Crippen molar-refractivity contribution in [3.05, 3.63) is 58.1 Å². The number of rotatable bonds is 6. The molecule has 0 fully saturated rings. The zero-order valence-corrected chi connectivity index (χ0v) is 15.3. The molecule has 0 saturated heterocycles. The summed E-state index contributed by atoms with van der Waals surface area (Å²) in [5, 5.41) is 11.7. The van der Waals surface area contributed by atoms with E-state index < -0.39 is 0 Å². The van der Waals surface area contributed by atoms with Gasteiger partial charge in [-0.05, 0) is 64.7 Å². The maximum Gasteiger partial charge on any atom is 0.255 e. The number of ether oxygens (including phenoxy) is 1. The Morgan fingerprint density at radius 1 is 1.29 bits per heavy atom. The molecule has 4 nitrogen and oxygen atoms in total. The fraction of sp³-hybridized carbons (Fsp3) is 0.263. The molecule has 2 aromatic carbocycles. The molecule has 0 heterocycles. The number of hydrogen-bond donors (Lipinski definition) is 1. The Hall–Kier alpha value is -2.32. The van der Waals surface area contributed by atoms with Crippen LogP contribution in [0.2, 0.25) is 0 Å². The van der Waals surface area contributed by atoms with Gasteiger partial charge in [-0.3, -0.25) is 4.79 Å². The van der Waals surface area contributed by atoms with Crippen LogP contribution in [0, 0.1) is 17.2 Å². The zero-order chi connectivity index (χ0) is 17.5. The number of carbonyl (C=O) groups excluding carboxylic acids is 1. The molecule has 0 unspecified atom stereocenters. The van der Waals surface area contributed by atoms with E-state index in [9.17, 15) is 4.79 Å². The van der Waals surface area contributed by atoms with Gasteiger partial charge in [0.05, 0.1) is 22.7 Å². The van der Waals surface area contributed by atoms with E-state index in [1.54, 1.807) is 42.5 Å². The molecular formula is C19H19BrN2O2. The largest absolute Gasteiger partial charge is 0.492 e. The van der Waals surface area contributed by atoms with Crippen molar-refractivity contribution in [3.8, 4) is 11.8 Å². The maximum atomic E-state index is 12.3. The molecule has 0 aliphatic rings. The monoisotopic (exact) mass is 386 g/mol. The summed E-state index contributed by atoms with van der Waals surface area (Å²) in [6, 6.07) is 14.1. The summed E-state index contributed by atoms with van der Waals surface area (Å²) in [5.74, 6) is 1.07. The van der Waals surface area contributed by atoms with Crippen molar-refractivity contribution >= 4 is 27.5 Å². The van der Waals surface area contributed by atoms with Gasteiger partial charge in [0.25, 0.3) is 5.91 Å². The second-order valence-corrected chi connectivity index (χ2v) is 6.68. The van der Waals surface area contributed by atoms with Crippen molar-refractivity contribution in [2.24, 2.45) is 5.92 Å². The standard InChI is InChI=1S/C19H19BrN2O2/c1-13(2)8-9-24-18-7-6-15(11-17(18)20)19(23)22-16-5-3-4-14(10-16)12-21/h3-7,10-11,13H,8-9H2,1-2H3,(H,22,23). The third-order valence-electron chi connectivity index (χ3n) is 3.40. The summed E-state index contributed by atoms with van der Waals surface area (Å²) in [4.78, 5) is 12.3. The van der Waals surface area contributed by atoms with Gasteiger partial charge >= 0.3 is 0 Å². The van der Waals surface area contributed by atoms with E-state index in [4.69, 9.17) is 10.00 Å². The lowest BCUT2D eigenvalue weighted by molar-refractivity contribution is 0.102. The fourth-order valence-corrected chi connectivity index (χ4v) is 2.53. The molecule has 2 rings (SSSR count). The van der Waals surface area contributed by atoms with Crippen LogP contribution in [0.4, 0.5) is 5.69 Å². The van der Waals surface area contributed by atoms with Crippen molar-refractivity contribution in [2.75, 3.05) is 11.9 Å². The van der Waals surface area contributed by atoms with E-state index in [1.807, 2.05) is 6.07 Å². The Labute approximate surface area is 150 Å². The highest BCUT2D eigenvalue weighted by atomic mass is 79.9. The number of halogens is 1. The van der Waals surface area contributed by atoms with Gasteiger partial charge in [-0.25, -0.2) is 0 Å². The quantitative estimate of drug-likeness (QED) is 0.759. The van der Waals surface area contributed by atoms with Crippen LogP contribution in [-0.2, 0) is 0 Å². The summed E-state index contributed by atoms with van der Waals surface area (Å²) in [7, 11) is 0. The van der Waals surface area contributed by atoms with Crippen LogP contribution in [0.1, 0.15) is 36.2 Å². The van der Waals surface area contributed by atoms with E-state index in [2.05, 4.69) is 35.1 Å². The molecule has 0 aliphatic heterocycles. The van der Waals surface area contributed by atoms with Crippen molar-refractivity contribution < 1.29 is 9.53 Å². The van der Waals surface area contributed by atoms with Crippen molar-refractivity contribution in [1.82, 2.24) is 0 Å². The molecule has 5 heteroatoms. The van der Waals surface area contributed by atoms with Gasteiger partial charge in [-0.15, -0.1) is 0 Å². The number of hydrogen-bond acceptors (Lipinski definition) is 3. The molecule has 0 spiro atoms. The second kappa shape index (κ2) is 8.51. The molecule has 0 radical (unpaired) electrons. The van der Waals surface area contributed by atoms with Gasteiger partial charge in [-0.2, -0.15) is 5.26 Å². The smallest absolute Gasteiger partial charge is 0.255 e. The van der Waals surface area contributed by atoms with E-state index in [1.165, 1.54) is 0 Å².